The second-order valence-corrected chi connectivity index (χ2v) is 30.7. The molecule has 3 N–H and O–H groups in total. The molecule has 0 saturated carbocycles. The van der Waals surface area contributed by atoms with Crippen LogP contribution in [0.1, 0.15) is 357 Å². The van der Waals surface area contributed by atoms with Gasteiger partial charge >= 0.3 is 39.5 Å². The highest BCUT2D eigenvalue weighted by atomic mass is 31.2. The van der Waals surface area contributed by atoms with Crippen LogP contribution in [0.3, 0.4) is 0 Å². The fourth-order valence-electron chi connectivity index (χ4n) is 10.9. The van der Waals surface area contributed by atoms with Crippen molar-refractivity contribution >= 4 is 39.5 Å². The van der Waals surface area contributed by atoms with Gasteiger partial charge in [0.1, 0.15) is 19.3 Å². The molecule has 0 rings (SSSR count). The first-order valence-electron chi connectivity index (χ1n) is 38.2. The molecule has 0 aromatic heterocycles. The Morgan fingerprint density at radius 3 is 0.862 bits per heavy atom. The molecule has 19 heteroatoms. The molecule has 3 unspecified atom stereocenters. The number of carbonyl (C=O) groups is 4. The van der Waals surface area contributed by atoms with Crippen LogP contribution in [0.15, 0.2) is 24.3 Å². The van der Waals surface area contributed by atoms with Gasteiger partial charge in [-0.2, -0.15) is 0 Å². The average Bonchev–Trinajstić information content (AvgIpc) is 1.72. The number of allylic oxidation sites excluding steroid dienone is 4. The third-order valence-corrected chi connectivity index (χ3v) is 18.7. The molecule has 0 aliphatic heterocycles. The summed E-state index contributed by atoms with van der Waals surface area (Å²) in [6, 6.07) is 0. The van der Waals surface area contributed by atoms with Crippen LogP contribution < -0.4 is 0 Å². The number of hydrogen-bond acceptors (Lipinski definition) is 15. The maximum absolute atomic E-state index is 13.1. The summed E-state index contributed by atoms with van der Waals surface area (Å²) in [7, 11) is -9.92. The Bertz CT molecular complexity index is 1930. The van der Waals surface area contributed by atoms with Crippen LogP contribution in [0, 0.1) is 17.8 Å². The number of ether oxygens (including phenoxy) is 4. The van der Waals surface area contributed by atoms with E-state index in [0.717, 1.165) is 121 Å². The molecular weight excluding hydrogens is 1230 g/mol. The van der Waals surface area contributed by atoms with Crippen molar-refractivity contribution in [1.29, 1.82) is 0 Å². The Balaban J connectivity index is 5.26. The van der Waals surface area contributed by atoms with Gasteiger partial charge in [-0.25, -0.2) is 9.13 Å². The summed E-state index contributed by atoms with van der Waals surface area (Å²) in [5, 5.41) is 10.6. The van der Waals surface area contributed by atoms with E-state index >= 15 is 0 Å². The van der Waals surface area contributed by atoms with Gasteiger partial charge < -0.3 is 33.8 Å². The van der Waals surface area contributed by atoms with Gasteiger partial charge in [0.2, 0.25) is 0 Å². The smallest absolute Gasteiger partial charge is 0.462 e. The van der Waals surface area contributed by atoms with Gasteiger partial charge in [0.15, 0.2) is 12.2 Å². The SMILES string of the molecule is CCCCCC/C=C\C=C/CCCCCCCC(=O)O[C@H](COC(=O)CCCCCCCCCC(C)C)COP(=O)(O)OCC(O)COP(=O)(O)OC[C@@H](COC(=O)CCCCCCCCCCCCCCCCC(C)C)OC(=O)CCCCCCCCCCCC(C)C. The van der Waals surface area contributed by atoms with E-state index in [1.165, 1.54) is 148 Å². The molecule has 94 heavy (non-hydrogen) atoms. The van der Waals surface area contributed by atoms with Gasteiger partial charge in [0.25, 0.3) is 0 Å². The molecular formula is C75H142O17P2. The predicted molar refractivity (Wildman–Crippen MR) is 381 cm³/mol. The quantitative estimate of drug-likeness (QED) is 0.0169. The first kappa shape index (κ1) is 91.5. The van der Waals surface area contributed by atoms with Gasteiger partial charge in [-0.05, 0) is 69.1 Å². The molecule has 0 bridgehead atoms. The van der Waals surface area contributed by atoms with E-state index in [9.17, 15) is 43.2 Å². The van der Waals surface area contributed by atoms with E-state index < -0.39 is 97.5 Å². The van der Waals surface area contributed by atoms with Crippen LogP contribution in [0.2, 0.25) is 0 Å². The Morgan fingerprint density at radius 2 is 0.574 bits per heavy atom. The zero-order valence-corrected chi connectivity index (χ0v) is 62.7. The lowest BCUT2D eigenvalue weighted by Crippen LogP contribution is -2.30. The molecule has 554 valence electrons. The fraction of sp³-hybridized carbons (Fsp3) is 0.893. The van der Waals surface area contributed by atoms with Crippen molar-refractivity contribution in [2.45, 2.75) is 375 Å². The van der Waals surface area contributed by atoms with Crippen molar-refractivity contribution in [3.8, 4) is 0 Å². The summed E-state index contributed by atoms with van der Waals surface area (Å²) in [6.45, 7) is 11.8. The predicted octanol–water partition coefficient (Wildman–Crippen LogP) is 21.3. The molecule has 0 amide bonds. The molecule has 0 fully saturated rings. The molecule has 0 saturated heterocycles. The highest BCUT2D eigenvalue weighted by molar-refractivity contribution is 7.47. The van der Waals surface area contributed by atoms with E-state index in [4.69, 9.17) is 37.0 Å². The maximum Gasteiger partial charge on any atom is 0.472 e. The highest BCUT2D eigenvalue weighted by Crippen LogP contribution is 2.45. The number of hydrogen-bond donors (Lipinski definition) is 3. The lowest BCUT2D eigenvalue weighted by atomic mass is 10.0. The van der Waals surface area contributed by atoms with Crippen molar-refractivity contribution in [3.63, 3.8) is 0 Å². The summed E-state index contributed by atoms with van der Waals surface area (Å²) < 4.78 is 68.4. The van der Waals surface area contributed by atoms with Crippen molar-refractivity contribution in [2.24, 2.45) is 17.8 Å². The summed E-state index contributed by atoms with van der Waals surface area (Å²) in [6.07, 6.45) is 53.6. The molecule has 0 aliphatic carbocycles. The second-order valence-electron chi connectivity index (χ2n) is 27.8. The van der Waals surface area contributed by atoms with E-state index in [-0.39, 0.29) is 25.7 Å². The minimum Gasteiger partial charge on any atom is -0.462 e. The number of rotatable bonds is 71. The van der Waals surface area contributed by atoms with Crippen LogP contribution in [-0.2, 0) is 65.4 Å². The Hall–Kier alpha value is -2.46. The zero-order valence-electron chi connectivity index (χ0n) is 60.9. The zero-order chi connectivity index (χ0) is 69.4. The van der Waals surface area contributed by atoms with Crippen LogP contribution in [0.5, 0.6) is 0 Å². The number of esters is 4. The van der Waals surface area contributed by atoms with Crippen LogP contribution in [0.25, 0.3) is 0 Å². The number of aliphatic hydroxyl groups is 1. The number of unbranched alkanes of at least 4 members (excludes halogenated alkanes) is 36. The molecule has 17 nitrogen and oxygen atoms in total. The highest BCUT2D eigenvalue weighted by Gasteiger charge is 2.30. The van der Waals surface area contributed by atoms with Crippen LogP contribution in [-0.4, -0.2) is 96.7 Å². The third-order valence-electron chi connectivity index (χ3n) is 16.8. The number of aliphatic hydroxyl groups excluding tert-OH is 1. The van der Waals surface area contributed by atoms with Gasteiger partial charge in [0, 0.05) is 25.7 Å². The fourth-order valence-corrected chi connectivity index (χ4v) is 12.5. The third kappa shape index (κ3) is 68.1. The number of phosphoric acid groups is 2. The van der Waals surface area contributed by atoms with E-state index in [1.54, 1.807) is 0 Å². The van der Waals surface area contributed by atoms with Crippen LogP contribution >= 0.6 is 15.6 Å². The first-order valence-corrected chi connectivity index (χ1v) is 41.2. The largest absolute Gasteiger partial charge is 0.472 e. The lowest BCUT2D eigenvalue weighted by Gasteiger charge is -2.21. The summed E-state index contributed by atoms with van der Waals surface area (Å²) in [5.74, 6) is 0.0829. The standard InChI is InChI=1S/C75H142O17P2/c1-8-9-10-11-12-13-14-15-16-21-24-29-36-44-51-58-74(79)91-71(63-86-73(78)57-50-43-38-31-34-41-48-55-68(6)7)65-90-94(83,84)88-61-69(76)60-87-93(81,82)89-64-70(92-75(80)59-52-45-37-30-25-27-33-40-47-54-67(4)5)62-85-72(77)56-49-42-35-28-23-20-18-17-19-22-26-32-39-46-53-66(2)3/h13-16,66-71,76H,8-12,17-65H2,1-7H3,(H,81,82)(H,83,84)/b14-13-,16-15-/t69?,70-,71-/m1/s1. The van der Waals surface area contributed by atoms with Crippen LogP contribution in [0.4, 0.5) is 0 Å². The molecule has 5 atom stereocenters. The summed E-state index contributed by atoms with van der Waals surface area (Å²) in [4.78, 5) is 72.7. The van der Waals surface area contributed by atoms with Gasteiger partial charge in [0.05, 0.1) is 26.4 Å². The normalized spacial score (nSPS) is 14.3. The Morgan fingerprint density at radius 1 is 0.330 bits per heavy atom. The van der Waals surface area contributed by atoms with Crippen molar-refractivity contribution in [3.05, 3.63) is 24.3 Å². The maximum atomic E-state index is 13.1. The first-order chi connectivity index (χ1) is 45.2. The summed E-state index contributed by atoms with van der Waals surface area (Å²) in [5.41, 5.74) is 0. The van der Waals surface area contributed by atoms with Crippen molar-refractivity contribution in [1.82, 2.24) is 0 Å². The molecule has 0 radical (unpaired) electrons. The number of phosphoric ester groups is 2. The molecule has 0 aromatic rings. The topological polar surface area (TPSA) is 237 Å². The van der Waals surface area contributed by atoms with E-state index in [1.807, 2.05) is 0 Å². The Labute approximate surface area is 573 Å². The Kier molecular flexibility index (Phi) is 63.5. The molecule has 0 aromatic carbocycles. The van der Waals surface area contributed by atoms with E-state index in [2.05, 4.69) is 72.8 Å². The number of carbonyl (C=O) groups excluding carboxylic acids is 4. The summed E-state index contributed by atoms with van der Waals surface area (Å²) >= 11 is 0. The van der Waals surface area contributed by atoms with Gasteiger partial charge in [-0.1, -0.05) is 304 Å². The van der Waals surface area contributed by atoms with Gasteiger partial charge in [-0.3, -0.25) is 37.3 Å². The molecule has 0 heterocycles. The van der Waals surface area contributed by atoms with Gasteiger partial charge in [-0.15, -0.1) is 0 Å². The molecule has 0 spiro atoms. The average molecular weight is 1380 g/mol. The minimum absolute atomic E-state index is 0.0839. The minimum atomic E-state index is -4.96. The van der Waals surface area contributed by atoms with Crippen molar-refractivity contribution < 1.29 is 80.2 Å². The second kappa shape index (κ2) is 65.2. The van der Waals surface area contributed by atoms with Crippen molar-refractivity contribution in [2.75, 3.05) is 39.6 Å². The van der Waals surface area contributed by atoms with E-state index in [0.29, 0.717) is 31.6 Å². The monoisotopic (exact) mass is 1380 g/mol. The lowest BCUT2D eigenvalue weighted by molar-refractivity contribution is -0.161. The molecule has 0 aliphatic rings.